The summed E-state index contributed by atoms with van der Waals surface area (Å²) in [6.07, 6.45) is 1.04. The molecule has 0 aliphatic heterocycles. The highest BCUT2D eigenvalue weighted by atomic mass is 32.2. The Kier molecular flexibility index (Phi) is 3.59. The lowest BCUT2D eigenvalue weighted by Gasteiger charge is -2.05. The number of benzene rings is 2. The summed E-state index contributed by atoms with van der Waals surface area (Å²) >= 11 is 1.54. The Balaban J connectivity index is 2.19. The van der Waals surface area contributed by atoms with E-state index >= 15 is 0 Å². The van der Waals surface area contributed by atoms with Crippen molar-refractivity contribution < 1.29 is 5.11 Å². The van der Waals surface area contributed by atoms with Crippen molar-refractivity contribution in [2.75, 3.05) is 5.73 Å². The van der Waals surface area contributed by atoms with E-state index in [2.05, 4.69) is 31.2 Å². The first kappa shape index (κ1) is 11.9. The molecule has 0 saturated heterocycles. The first-order valence-electron chi connectivity index (χ1n) is 5.54. The van der Waals surface area contributed by atoms with Crippen molar-refractivity contribution >= 4 is 17.4 Å². The lowest BCUT2D eigenvalue weighted by molar-refractivity contribution is 0.463. The van der Waals surface area contributed by atoms with Gasteiger partial charge in [0.2, 0.25) is 0 Å². The van der Waals surface area contributed by atoms with Crippen molar-refractivity contribution in [1.82, 2.24) is 0 Å². The zero-order valence-corrected chi connectivity index (χ0v) is 10.5. The van der Waals surface area contributed by atoms with Gasteiger partial charge >= 0.3 is 0 Å². The minimum absolute atomic E-state index is 0.231. The second kappa shape index (κ2) is 5.15. The molecule has 2 aromatic carbocycles. The Labute approximate surface area is 105 Å². The van der Waals surface area contributed by atoms with E-state index in [9.17, 15) is 5.11 Å². The van der Waals surface area contributed by atoms with E-state index in [0.29, 0.717) is 5.69 Å². The standard InChI is InChI=1S/C14H15NOS/c1-2-10-3-6-12(7-4-10)17-14-8-5-11(15)9-13(14)16/h3-9,16H,2,15H2,1H3. The van der Waals surface area contributed by atoms with Crippen LogP contribution in [0.2, 0.25) is 0 Å². The van der Waals surface area contributed by atoms with Crippen LogP contribution in [-0.2, 0) is 6.42 Å². The molecule has 3 N–H and O–H groups in total. The Hall–Kier alpha value is -1.61. The van der Waals surface area contributed by atoms with Gasteiger partial charge in [-0.1, -0.05) is 30.8 Å². The largest absolute Gasteiger partial charge is 0.507 e. The van der Waals surface area contributed by atoms with Gasteiger partial charge in [0.15, 0.2) is 0 Å². The molecular weight excluding hydrogens is 230 g/mol. The first-order chi connectivity index (χ1) is 8.19. The van der Waals surface area contributed by atoms with Crippen molar-refractivity contribution in [3.8, 4) is 5.75 Å². The van der Waals surface area contributed by atoms with E-state index in [4.69, 9.17) is 5.73 Å². The molecule has 0 aliphatic carbocycles. The van der Waals surface area contributed by atoms with E-state index < -0.39 is 0 Å². The number of phenolic OH excluding ortho intramolecular Hbond substituents is 1. The molecule has 3 heteroatoms. The predicted molar refractivity (Wildman–Crippen MR) is 72.5 cm³/mol. The average molecular weight is 245 g/mol. The van der Waals surface area contributed by atoms with Crippen LogP contribution in [-0.4, -0.2) is 5.11 Å². The molecule has 0 amide bonds. The van der Waals surface area contributed by atoms with Crippen LogP contribution < -0.4 is 5.73 Å². The van der Waals surface area contributed by atoms with Crippen molar-refractivity contribution in [3.05, 3.63) is 48.0 Å². The number of aryl methyl sites for hydroxylation is 1. The molecule has 0 heterocycles. The number of nitrogens with two attached hydrogens (primary N) is 1. The van der Waals surface area contributed by atoms with E-state index in [0.717, 1.165) is 16.2 Å². The SMILES string of the molecule is CCc1ccc(Sc2ccc(N)cc2O)cc1. The van der Waals surface area contributed by atoms with Gasteiger partial charge in [0.25, 0.3) is 0 Å². The molecule has 0 bridgehead atoms. The maximum atomic E-state index is 9.75. The van der Waals surface area contributed by atoms with Crippen LogP contribution in [0.1, 0.15) is 12.5 Å². The normalized spacial score (nSPS) is 10.4. The third kappa shape index (κ3) is 2.94. The third-order valence-electron chi connectivity index (χ3n) is 2.54. The summed E-state index contributed by atoms with van der Waals surface area (Å²) in [7, 11) is 0. The fourth-order valence-corrected chi connectivity index (χ4v) is 2.37. The van der Waals surface area contributed by atoms with Crippen molar-refractivity contribution in [1.29, 1.82) is 0 Å². The van der Waals surface area contributed by atoms with Crippen molar-refractivity contribution in [2.24, 2.45) is 0 Å². The van der Waals surface area contributed by atoms with Crippen LogP contribution in [0.5, 0.6) is 5.75 Å². The number of aromatic hydroxyl groups is 1. The summed E-state index contributed by atoms with van der Waals surface area (Å²) in [5, 5.41) is 9.75. The molecule has 17 heavy (non-hydrogen) atoms. The maximum Gasteiger partial charge on any atom is 0.131 e. The van der Waals surface area contributed by atoms with Crippen LogP contribution in [0.15, 0.2) is 52.3 Å². The van der Waals surface area contributed by atoms with E-state index in [1.807, 2.05) is 6.07 Å². The minimum Gasteiger partial charge on any atom is -0.507 e. The maximum absolute atomic E-state index is 9.75. The molecular formula is C14H15NOS. The summed E-state index contributed by atoms with van der Waals surface area (Å²) in [4.78, 5) is 1.94. The summed E-state index contributed by atoms with van der Waals surface area (Å²) in [6.45, 7) is 2.13. The van der Waals surface area contributed by atoms with Gasteiger partial charge in [-0.25, -0.2) is 0 Å². The van der Waals surface area contributed by atoms with Crippen LogP contribution in [0.4, 0.5) is 5.69 Å². The smallest absolute Gasteiger partial charge is 0.131 e. The first-order valence-corrected chi connectivity index (χ1v) is 6.36. The topological polar surface area (TPSA) is 46.2 Å². The fourth-order valence-electron chi connectivity index (χ4n) is 1.54. The number of nitrogen functional groups attached to an aromatic ring is 1. The summed E-state index contributed by atoms with van der Waals surface area (Å²) in [5.41, 5.74) is 7.48. The van der Waals surface area contributed by atoms with E-state index in [1.165, 1.54) is 17.3 Å². The lowest BCUT2D eigenvalue weighted by atomic mass is 10.2. The summed E-state index contributed by atoms with van der Waals surface area (Å²) in [5.74, 6) is 0.231. The molecule has 0 saturated carbocycles. The van der Waals surface area contributed by atoms with Gasteiger partial charge in [-0.2, -0.15) is 0 Å². The molecule has 0 fully saturated rings. The molecule has 0 spiro atoms. The summed E-state index contributed by atoms with van der Waals surface area (Å²) < 4.78 is 0. The number of hydrogen-bond acceptors (Lipinski definition) is 3. The van der Waals surface area contributed by atoms with Crippen LogP contribution in [0.25, 0.3) is 0 Å². The van der Waals surface area contributed by atoms with Gasteiger partial charge in [0, 0.05) is 16.6 Å². The molecule has 2 rings (SSSR count). The quantitative estimate of drug-likeness (QED) is 0.811. The van der Waals surface area contributed by atoms with Gasteiger partial charge in [0.1, 0.15) is 5.75 Å². The average Bonchev–Trinajstić information content (AvgIpc) is 2.34. The zero-order chi connectivity index (χ0) is 12.3. The Morgan fingerprint density at radius 3 is 2.41 bits per heavy atom. The third-order valence-corrected chi connectivity index (χ3v) is 3.62. The Bertz CT molecular complexity index is 508. The zero-order valence-electron chi connectivity index (χ0n) is 9.68. The van der Waals surface area contributed by atoms with Gasteiger partial charge in [-0.15, -0.1) is 0 Å². The van der Waals surface area contributed by atoms with Crippen LogP contribution >= 0.6 is 11.8 Å². The van der Waals surface area contributed by atoms with E-state index in [-0.39, 0.29) is 5.75 Å². The second-order valence-electron chi connectivity index (χ2n) is 3.83. The molecule has 88 valence electrons. The highest BCUT2D eigenvalue weighted by Crippen LogP contribution is 2.35. The molecule has 0 aromatic heterocycles. The summed E-state index contributed by atoms with van der Waals surface area (Å²) in [6, 6.07) is 13.6. The van der Waals surface area contributed by atoms with Gasteiger partial charge < -0.3 is 10.8 Å². The number of phenols is 1. The molecule has 0 aliphatic rings. The Morgan fingerprint density at radius 1 is 1.12 bits per heavy atom. The van der Waals surface area contributed by atoms with Gasteiger partial charge in [-0.05, 0) is 36.2 Å². The molecule has 0 unspecified atom stereocenters. The second-order valence-corrected chi connectivity index (χ2v) is 4.94. The van der Waals surface area contributed by atoms with E-state index in [1.54, 1.807) is 12.1 Å². The number of rotatable bonds is 3. The highest BCUT2D eigenvalue weighted by molar-refractivity contribution is 7.99. The van der Waals surface area contributed by atoms with Crippen LogP contribution in [0, 0.1) is 0 Å². The monoisotopic (exact) mass is 245 g/mol. The molecule has 0 atom stereocenters. The molecule has 0 radical (unpaired) electrons. The van der Waals surface area contributed by atoms with Crippen molar-refractivity contribution in [2.45, 2.75) is 23.1 Å². The highest BCUT2D eigenvalue weighted by Gasteiger charge is 2.03. The molecule has 2 aromatic rings. The number of anilines is 1. The lowest BCUT2D eigenvalue weighted by Crippen LogP contribution is -1.84. The molecule has 2 nitrogen and oxygen atoms in total. The fraction of sp³-hybridized carbons (Fsp3) is 0.143. The minimum atomic E-state index is 0.231. The van der Waals surface area contributed by atoms with Crippen LogP contribution in [0.3, 0.4) is 0 Å². The number of hydrogen-bond donors (Lipinski definition) is 2. The van der Waals surface area contributed by atoms with Gasteiger partial charge in [0.05, 0.1) is 4.90 Å². The van der Waals surface area contributed by atoms with Crippen molar-refractivity contribution in [3.63, 3.8) is 0 Å². The Morgan fingerprint density at radius 2 is 1.82 bits per heavy atom. The predicted octanol–water partition coefficient (Wildman–Crippen LogP) is 3.69. The van der Waals surface area contributed by atoms with Gasteiger partial charge in [-0.3, -0.25) is 0 Å².